The molecule has 1 aromatic rings. The Kier molecular flexibility index (Phi) is 3.44. The van der Waals surface area contributed by atoms with Crippen molar-refractivity contribution in [2.75, 3.05) is 18.4 Å². The first-order valence-electron chi connectivity index (χ1n) is 5.83. The molecule has 0 unspecified atom stereocenters. The van der Waals surface area contributed by atoms with Crippen molar-refractivity contribution in [1.82, 2.24) is 15.1 Å². The number of aromatic amines is 1. The number of H-pyrrole nitrogens is 1. The number of hydrogen-bond acceptors (Lipinski definition) is 2. The molecule has 5 nitrogen and oxygen atoms in total. The number of nitrogens with one attached hydrogen (secondary N) is 2. The summed E-state index contributed by atoms with van der Waals surface area (Å²) in [6.07, 6.45) is 6.38. The molecule has 2 amide bonds. The highest BCUT2D eigenvalue weighted by molar-refractivity contribution is 5.88. The minimum atomic E-state index is -0.0192. The third kappa shape index (κ3) is 2.53. The van der Waals surface area contributed by atoms with Gasteiger partial charge in [-0.05, 0) is 19.8 Å². The fraction of sp³-hybridized carbons (Fsp3) is 0.636. The number of aryl methyl sites for hydroxylation is 1. The van der Waals surface area contributed by atoms with Crippen molar-refractivity contribution in [3.05, 3.63) is 11.8 Å². The third-order valence-electron chi connectivity index (χ3n) is 2.95. The molecule has 2 rings (SSSR count). The maximum atomic E-state index is 11.9. The lowest BCUT2D eigenvalue weighted by molar-refractivity contribution is 0.213. The standard InChI is InChI=1S/C11H18N4O/c1-9-8-12-14-10(9)13-11(16)15-6-4-2-3-5-7-15/h8H,2-7H2,1H3,(H2,12,13,14,16). The second-order valence-electron chi connectivity index (χ2n) is 4.26. The number of urea groups is 1. The topological polar surface area (TPSA) is 61.0 Å². The van der Waals surface area contributed by atoms with Gasteiger partial charge in [-0.3, -0.25) is 10.4 Å². The Morgan fingerprint density at radius 1 is 1.38 bits per heavy atom. The van der Waals surface area contributed by atoms with Crippen molar-refractivity contribution >= 4 is 11.8 Å². The highest BCUT2D eigenvalue weighted by atomic mass is 16.2. The average molecular weight is 222 g/mol. The van der Waals surface area contributed by atoms with Crippen LogP contribution in [0.2, 0.25) is 0 Å². The molecule has 16 heavy (non-hydrogen) atoms. The van der Waals surface area contributed by atoms with Gasteiger partial charge in [0.25, 0.3) is 0 Å². The Labute approximate surface area is 95.2 Å². The fourth-order valence-corrected chi connectivity index (χ4v) is 1.93. The van der Waals surface area contributed by atoms with E-state index in [1.807, 2.05) is 11.8 Å². The lowest BCUT2D eigenvalue weighted by atomic mass is 10.2. The van der Waals surface area contributed by atoms with Crippen molar-refractivity contribution in [3.8, 4) is 0 Å². The monoisotopic (exact) mass is 222 g/mol. The Hall–Kier alpha value is -1.52. The minimum Gasteiger partial charge on any atom is -0.325 e. The second-order valence-corrected chi connectivity index (χ2v) is 4.26. The van der Waals surface area contributed by atoms with Gasteiger partial charge in [0.05, 0.1) is 6.20 Å². The summed E-state index contributed by atoms with van der Waals surface area (Å²) >= 11 is 0. The van der Waals surface area contributed by atoms with Gasteiger partial charge in [-0.25, -0.2) is 4.79 Å². The summed E-state index contributed by atoms with van der Waals surface area (Å²) in [5.74, 6) is 0.703. The van der Waals surface area contributed by atoms with Gasteiger partial charge < -0.3 is 4.90 Å². The van der Waals surface area contributed by atoms with Crippen LogP contribution in [-0.4, -0.2) is 34.2 Å². The summed E-state index contributed by atoms with van der Waals surface area (Å²) < 4.78 is 0. The molecule has 88 valence electrons. The van der Waals surface area contributed by atoms with Crippen LogP contribution in [0.3, 0.4) is 0 Å². The third-order valence-corrected chi connectivity index (χ3v) is 2.95. The number of aromatic nitrogens is 2. The van der Waals surface area contributed by atoms with Crippen LogP contribution in [0.15, 0.2) is 6.20 Å². The summed E-state index contributed by atoms with van der Waals surface area (Å²) in [7, 11) is 0. The molecule has 1 saturated heterocycles. The predicted molar refractivity (Wildman–Crippen MR) is 62.4 cm³/mol. The van der Waals surface area contributed by atoms with Gasteiger partial charge in [0, 0.05) is 18.7 Å². The zero-order chi connectivity index (χ0) is 11.4. The molecule has 1 fully saturated rings. The number of carbonyl (C=O) groups excluding carboxylic acids is 1. The Balaban J connectivity index is 1.94. The Bertz CT molecular complexity index is 353. The predicted octanol–water partition coefficient (Wildman–Crippen LogP) is 2.13. The molecule has 1 aliphatic rings. The average Bonchev–Trinajstić information content (AvgIpc) is 2.57. The van der Waals surface area contributed by atoms with E-state index in [-0.39, 0.29) is 6.03 Å². The number of anilines is 1. The van der Waals surface area contributed by atoms with Crippen molar-refractivity contribution in [2.24, 2.45) is 0 Å². The number of carbonyl (C=O) groups is 1. The normalized spacial score (nSPS) is 16.9. The van der Waals surface area contributed by atoms with Crippen molar-refractivity contribution in [3.63, 3.8) is 0 Å². The molecular weight excluding hydrogens is 204 g/mol. The van der Waals surface area contributed by atoms with E-state index in [1.54, 1.807) is 6.20 Å². The minimum absolute atomic E-state index is 0.0192. The first-order valence-corrected chi connectivity index (χ1v) is 5.83. The van der Waals surface area contributed by atoms with Gasteiger partial charge in [0.1, 0.15) is 5.82 Å². The molecule has 0 bridgehead atoms. The molecule has 1 aliphatic heterocycles. The van der Waals surface area contributed by atoms with Crippen LogP contribution < -0.4 is 5.32 Å². The lowest BCUT2D eigenvalue weighted by Crippen LogP contribution is -2.35. The molecule has 0 saturated carbocycles. The van der Waals surface area contributed by atoms with Crippen LogP contribution in [0.5, 0.6) is 0 Å². The van der Waals surface area contributed by atoms with Gasteiger partial charge in [-0.2, -0.15) is 5.10 Å². The summed E-state index contributed by atoms with van der Waals surface area (Å²) in [5, 5.41) is 9.52. The van der Waals surface area contributed by atoms with E-state index in [9.17, 15) is 4.79 Å². The summed E-state index contributed by atoms with van der Waals surface area (Å²) in [6, 6.07) is -0.0192. The first kappa shape index (κ1) is 11.0. The van der Waals surface area contributed by atoms with Crippen LogP contribution in [0.25, 0.3) is 0 Å². The van der Waals surface area contributed by atoms with E-state index in [4.69, 9.17) is 0 Å². The number of rotatable bonds is 1. The van der Waals surface area contributed by atoms with Gasteiger partial charge in [-0.15, -0.1) is 0 Å². The quantitative estimate of drug-likeness (QED) is 0.764. The molecule has 2 N–H and O–H groups in total. The number of likely N-dealkylation sites (tertiary alicyclic amines) is 1. The molecule has 1 aromatic heterocycles. The van der Waals surface area contributed by atoms with E-state index in [1.165, 1.54) is 12.8 Å². The van der Waals surface area contributed by atoms with Crippen molar-refractivity contribution in [2.45, 2.75) is 32.6 Å². The van der Waals surface area contributed by atoms with Crippen LogP contribution in [-0.2, 0) is 0 Å². The lowest BCUT2D eigenvalue weighted by Gasteiger charge is -2.20. The fourth-order valence-electron chi connectivity index (χ4n) is 1.93. The van der Waals surface area contributed by atoms with E-state index in [2.05, 4.69) is 15.5 Å². The van der Waals surface area contributed by atoms with Crippen LogP contribution >= 0.6 is 0 Å². The zero-order valence-corrected chi connectivity index (χ0v) is 9.62. The molecular formula is C11H18N4O. The Morgan fingerprint density at radius 2 is 2.06 bits per heavy atom. The van der Waals surface area contributed by atoms with Crippen LogP contribution in [0.1, 0.15) is 31.2 Å². The smallest absolute Gasteiger partial charge is 0.323 e. The highest BCUT2D eigenvalue weighted by Crippen LogP contribution is 2.13. The van der Waals surface area contributed by atoms with Crippen LogP contribution in [0, 0.1) is 6.92 Å². The largest absolute Gasteiger partial charge is 0.325 e. The summed E-state index contributed by atoms with van der Waals surface area (Å²) in [5.41, 5.74) is 0.961. The van der Waals surface area contributed by atoms with Gasteiger partial charge >= 0.3 is 6.03 Å². The number of hydrogen-bond donors (Lipinski definition) is 2. The number of nitrogens with zero attached hydrogens (tertiary/aromatic N) is 2. The SMILES string of the molecule is Cc1cn[nH]c1NC(=O)N1CCCCCC1. The van der Waals surface area contributed by atoms with E-state index in [0.717, 1.165) is 31.5 Å². The van der Waals surface area contributed by atoms with Crippen LogP contribution in [0.4, 0.5) is 10.6 Å². The van der Waals surface area contributed by atoms with Gasteiger partial charge in [-0.1, -0.05) is 12.8 Å². The van der Waals surface area contributed by atoms with Gasteiger partial charge in [0.15, 0.2) is 0 Å². The van der Waals surface area contributed by atoms with E-state index < -0.39 is 0 Å². The molecule has 0 aromatic carbocycles. The molecule has 5 heteroatoms. The van der Waals surface area contributed by atoms with E-state index >= 15 is 0 Å². The van der Waals surface area contributed by atoms with Crippen molar-refractivity contribution < 1.29 is 4.79 Å². The molecule has 0 atom stereocenters. The number of amides is 2. The highest BCUT2D eigenvalue weighted by Gasteiger charge is 2.16. The van der Waals surface area contributed by atoms with Gasteiger partial charge in [0.2, 0.25) is 0 Å². The maximum absolute atomic E-state index is 11.9. The molecule has 0 radical (unpaired) electrons. The first-order chi connectivity index (χ1) is 7.77. The second kappa shape index (κ2) is 5.01. The molecule has 2 heterocycles. The van der Waals surface area contributed by atoms with Crippen molar-refractivity contribution in [1.29, 1.82) is 0 Å². The summed E-state index contributed by atoms with van der Waals surface area (Å²) in [4.78, 5) is 13.8. The summed E-state index contributed by atoms with van der Waals surface area (Å²) in [6.45, 7) is 3.64. The maximum Gasteiger partial charge on any atom is 0.323 e. The molecule has 0 aliphatic carbocycles. The molecule has 0 spiro atoms. The Morgan fingerprint density at radius 3 is 2.62 bits per heavy atom. The zero-order valence-electron chi connectivity index (χ0n) is 9.62. The van der Waals surface area contributed by atoms with E-state index in [0.29, 0.717) is 5.82 Å².